The van der Waals surface area contributed by atoms with Crippen LogP contribution in [0.25, 0.3) is 0 Å². The van der Waals surface area contributed by atoms with Crippen molar-refractivity contribution >= 4 is 11.6 Å². The average Bonchev–Trinajstić information content (AvgIpc) is 2.28. The lowest BCUT2D eigenvalue weighted by Crippen LogP contribution is -2.35. The molecular weight excluding hydrogens is 246 g/mol. The molecule has 2 nitrogen and oxygen atoms in total. The molecule has 0 heterocycles. The van der Waals surface area contributed by atoms with Gasteiger partial charge < -0.3 is 10.1 Å². The minimum atomic E-state index is 0.0701. The Morgan fingerprint density at radius 2 is 2.11 bits per heavy atom. The summed E-state index contributed by atoms with van der Waals surface area (Å²) in [5.74, 6) is 0.887. The highest BCUT2D eigenvalue weighted by Gasteiger charge is 2.11. The van der Waals surface area contributed by atoms with Gasteiger partial charge in [-0.3, -0.25) is 0 Å². The van der Waals surface area contributed by atoms with Crippen LogP contribution in [-0.4, -0.2) is 12.1 Å². The molecule has 0 bridgehead atoms. The fourth-order valence-corrected chi connectivity index (χ4v) is 1.63. The normalized spacial score (nSPS) is 11.3. The van der Waals surface area contributed by atoms with Gasteiger partial charge in [-0.1, -0.05) is 17.7 Å². The number of benzene rings is 1. The Hall–Kier alpha value is -0.990. The Bertz CT molecular complexity index is 396. The lowest BCUT2D eigenvalue weighted by Gasteiger charge is -2.21. The zero-order chi connectivity index (χ0) is 13.6. The fraction of sp³-hybridized carbons (Fsp3) is 0.467. The van der Waals surface area contributed by atoms with Crippen LogP contribution >= 0.6 is 11.6 Å². The molecule has 18 heavy (non-hydrogen) atoms. The minimum absolute atomic E-state index is 0.0701. The third-order valence-electron chi connectivity index (χ3n) is 2.41. The van der Waals surface area contributed by atoms with Gasteiger partial charge in [0.15, 0.2) is 0 Å². The molecule has 100 valence electrons. The first-order chi connectivity index (χ1) is 8.42. The topological polar surface area (TPSA) is 21.3 Å². The molecule has 0 fully saturated rings. The van der Waals surface area contributed by atoms with Crippen molar-refractivity contribution in [1.29, 1.82) is 0 Å². The molecular formula is C15H22ClNO. The molecule has 1 aromatic carbocycles. The van der Waals surface area contributed by atoms with Crippen molar-refractivity contribution in [2.24, 2.45) is 0 Å². The molecule has 0 aliphatic rings. The predicted octanol–water partition coefficient (Wildman–Crippen LogP) is 4.18. The summed E-state index contributed by atoms with van der Waals surface area (Å²) in [5.41, 5.74) is 1.15. The Labute approximate surface area is 115 Å². The minimum Gasteiger partial charge on any atom is -0.493 e. The first-order valence-electron chi connectivity index (χ1n) is 6.19. The zero-order valence-corrected chi connectivity index (χ0v) is 12.2. The Kier molecular flexibility index (Phi) is 5.70. The highest BCUT2D eigenvalue weighted by molar-refractivity contribution is 6.30. The summed E-state index contributed by atoms with van der Waals surface area (Å²) in [6, 6.07) is 5.72. The summed E-state index contributed by atoms with van der Waals surface area (Å²) < 4.78 is 5.73. The van der Waals surface area contributed by atoms with Crippen molar-refractivity contribution in [3.05, 3.63) is 41.4 Å². The molecule has 0 aliphatic heterocycles. The van der Waals surface area contributed by atoms with Crippen LogP contribution in [-0.2, 0) is 6.54 Å². The summed E-state index contributed by atoms with van der Waals surface area (Å²) in [6.45, 7) is 11.5. The van der Waals surface area contributed by atoms with Crippen molar-refractivity contribution in [1.82, 2.24) is 5.32 Å². The Morgan fingerprint density at radius 3 is 2.72 bits per heavy atom. The number of rotatable bonds is 6. The van der Waals surface area contributed by atoms with Crippen LogP contribution in [0.3, 0.4) is 0 Å². The van der Waals surface area contributed by atoms with Gasteiger partial charge in [0.05, 0.1) is 6.61 Å². The van der Waals surface area contributed by atoms with Crippen molar-refractivity contribution in [3.63, 3.8) is 0 Å². The largest absolute Gasteiger partial charge is 0.493 e. The van der Waals surface area contributed by atoms with E-state index in [9.17, 15) is 0 Å². The molecule has 0 radical (unpaired) electrons. The maximum absolute atomic E-state index is 6.03. The van der Waals surface area contributed by atoms with Crippen molar-refractivity contribution in [2.75, 3.05) is 6.61 Å². The van der Waals surface area contributed by atoms with Crippen LogP contribution < -0.4 is 10.1 Å². The monoisotopic (exact) mass is 267 g/mol. The first kappa shape index (κ1) is 15.1. The Morgan fingerprint density at radius 1 is 1.39 bits per heavy atom. The van der Waals surface area contributed by atoms with Crippen molar-refractivity contribution < 1.29 is 4.74 Å². The first-order valence-corrected chi connectivity index (χ1v) is 6.57. The average molecular weight is 268 g/mol. The van der Waals surface area contributed by atoms with E-state index in [4.69, 9.17) is 16.3 Å². The van der Waals surface area contributed by atoms with Crippen LogP contribution in [0.4, 0.5) is 0 Å². The van der Waals surface area contributed by atoms with E-state index in [0.29, 0.717) is 6.61 Å². The molecule has 0 aromatic heterocycles. The molecule has 0 unspecified atom stereocenters. The molecule has 1 aromatic rings. The molecule has 1 N–H and O–H groups in total. The van der Waals surface area contributed by atoms with E-state index in [1.165, 1.54) is 0 Å². The van der Waals surface area contributed by atoms with E-state index in [1.807, 2.05) is 24.3 Å². The van der Waals surface area contributed by atoms with Gasteiger partial charge in [-0.25, -0.2) is 0 Å². The molecule has 3 heteroatoms. The highest BCUT2D eigenvalue weighted by Crippen LogP contribution is 2.23. The van der Waals surface area contributed by atoms with E-state index in [0.717, 1.165) is 29.3 Å². The van der Waals surface area contributed by atoms with Gasteiger partial charge in [-0.05, 0) is 45.4 Å². The summed E-state index contributed by atoms with van der Waals surface area (Å²) in [4.78, 5) is 0. The molecule has 0 aliphatic carbocycles. The van der Waals surface area contributed by atoms with E-state index in [2.05, 4.69) is 32.7 Å². The van der Waals surface area contributed by atoms with E-state index >= 15 is 0 Å². The maximum atomic E-state index is 6.03. The molecule has 0 spiro atoms. The third-order valence-corrected chi connectivity index (χ3v) is 2.65. The summed E-state index contributed by atoms with van der Waals surface area (Å²) in [7, 11) is 0. The van der Waals surface area contributed by atoms with Gasteiger partial charge >= 0.3 is 0 Å². The smallest absolute Gasteiger partial charge is 0.123 e. The number of hydrogen-bond donors (Lipinski definition) is 1. The maximum Gasteiger partial charge on any atom is 0.123 e. The van der Waals surface area contributed by atoms with Gasteiger partial charge in [-0.15, -0.1) is 6.58 Å². The molecule has 0 atom stereocenters. The van der Waals surface area contributed by atoms with Crippen molar-refractivity contribution in [3.8, 4) is 5.75 Å². The molecule has 0 amide bonds. The summed E-state index contributed by atoms with van der Waals surface area (Å²) in [5, 5.41) is 4.17. The van der Waals surface area contributed by atoms with Gasteiger partial charge in [0.2, 0.25) is 0 Å². The molecule has 1 rings (SSSR count). The van der Waals surface area contributed by atoms with E-state index in [-0.39, 0.29) is 5.54 Å². The van der Waals surface area contributed by atoms with Gasteiger partial charge in [0.1, 0.15) is 5.75 Å². The van der Waals surface area contributed by atoms with Crippen LogP contribution in [0.2, 0.25) is 5.02 Å². The van der Waals surface area contributed by atoms with Gasteiger partial charge in [0.25, 0.3) is 0 Å². The number of ether oxygens (including phenoxy) is 1. The lowest BCUT2D eigenvalue weighted by molar-refractivity contribution is 0.318. The van der Waals surface area contributed by atoms with Crippen molar-refractivity contribution in [2.45, 2.75) is 39.3 Å². The predicted molar refractivity (Wildman–Crippen MR) is 78.4 cm³/mol. The Balaban J connectivity index is 2.73. The lowest BCUT2D eigenvalue weighted by atomic mass is 10.1. The SMILES string of the molecule is C=CCCOc1ccc(Cl)cc1CNC(C)(C)C. The van der Waals surface area contributed by atoms with E-state index < -0.39 is 0 Å². The van der Waals surface area contributed by atoms with E-state index in [1.54, 1.807) is 0 Å². The molecule has 0 saturated heterocycles. The van der Waals surface area contributed by atoms with Gasteiger partial charge in [0, 0.05) is 22.7 Å². The highest BCUT2D eigenvalue weighted by atomic mass is 35.5. The second kappa shape index (κ2) is 6.81. The summed E-state index contributed by atoms with van der Waals surface area (Å²) >= 11 is 6.03. The van der Waals surface area contributed by atoms with Crippen LogP contribution in [0.5, 0.6) is 5.75 Å². The van der Waals surface area contributed by atoms with Gasteiger partial charge in [-0.2, -0.15) is 0 Å². The summed E-state index contributed by atoms with van der Waals surface area (Å²) in [6.07, 6.45) is 2.69. The van der Waals surface area contributed by atoms with Crippen LogP contribution in [0, 0.1) is 0 Å². The fourth-order valence-electron chi connectivity index (χ4n) is 1.44. The zero-order valence-electron chi connectivity index (χ0n) is 11.4. The third kappa shape index (κ3) is 5.56. The molecule has 0 saturated carbocycles. The standard InChI is InChI=1S/C15H22ClNO/c1-5-6-9-18-14-8-7-13(16)10-12(14)11-17-15(2,3)4/h5,7-8,10,17H,1,6,9,11H2,2-4H3. The second-order valence-corrected chi connectivity index (χ2v) is 5.72. The second-order valence-electron chi connectivity index (χ2n) is 5.28. The van der Waals surface area contributed by atoms with Crippen LogP contribution in [0.1, 0.15) is 32.8 Å². The number of hydrogen-bond acceptors (Lipinski definition) is 2. The van der Waals surface area contributed by atoms with Crippen LogP contribution in [0.15, 0.2) is 30.9 Å². The quantitative estimate of drug-likeness (QED) is 0.617. The number of nitrogens with one attached hydrogen (secondary N) is 1. The number of halogens is 1.